The Morgan fingerprint density at radius 1 is 1.35 bits per heavy atom. The van der Waals surface area contributed by atoms with Gasteiger partial charge in [0.05, 0.1) is 12.2 Å². The molecule has 1 aromatic rings. The van der Waals surface area contributed by atoms with Gasteiger partial charge in [-0.25, -0.2) is 4.79 Å². The zero-order valence-corrected chi connectivity index (χ0v) is 12.0. The van der Waals surface area contributed by atoms with Gasteiger partial charge >= 0.3 is 5.97 Å². The molecular weight excluding hydrogens is 254 g/mol. The van der Waals surface area contributed by atoms with E-state index in [-0.39, 0.29) is 12.1 Å². The van der Waals surface area contributed by atoms with E-state index in [0.29, 0.717) is 5.56 Å². The van der Waals surface area contributed by atoms with Crippen LogP contribution in [0.25, 0.3) is 0 Å². The number of carboxylic acids is 1. The first kappa shape index (κ1) is 15.0. The molecule has 1 heterocycles. The second-order valence-corrected chi connectivity index (χ2v) is 5.66. The molecule has 0 radical (unpaired) electrons. The highest BCUT2D eigenvalue weighted by Crippen LogP contribution is 2.34. The van der Waals surface area contributed by atoms with Crippen LogP contribution in [0.15, 0.2) is 24.3 Å². The molecule has 0 bridgehead atoms. The smallest absolute Gasteiger partial charge is 0.335 e. The number of hydrogen-bond acceptors (Lipinski definition) is 3. The molecule has 1 aromatic carbocycles. The normalized spacial score (nSPS) is 23.1. The van der Waals surface area contributed by atoms with E-state index >= 15 is 0 Å². The fourth-order valence-electron chi connectivity index (χ4n) is 3.22. The summed E-state index contributed by atoms with van der Waals surface area (Å²) in [5.74, 6) is -0.895. The molecule has 4 heteroatoms. The van der Waals surface area contributed by atoms with E-state index < -0.39 is 5.97 Å². The molecule has 20 heavy (non-hydrogen) atoms. The zero-order chi connectivity index (χ0) is 14.6. The van der Waals surface area contributed by atoms with Crippen molar-refractivity contribution in [3.05, 3.63) is 35.4 Å². The van der Waals surface area contributed by atoms with Gasteiger partial charge in [0.1, 0.15) is 0 Å². The number of carbonyl (C=O) groups is 1. The van der Waals surface area contributed by atoms with E-state index in [9.17, 15) is 9.90 Å². The lowest BCUT2D eigenvalue weighted by atomic mass is 9.91. The highest BCUT2D eigenvalue weighted by Gasteiger charge is 2.39. The minimum absolute atomic E-state index is 0.0831. The minimum atomic E-state index is -0.895. The van der Waals surface area contributed by atoms with Crippen LogP contribution in [0.5, 0.6) is 0 Å². The van der Waals surface area contributed by atoms with Crippen LogP contribution in [0.3, 0.4) is 0 Å². The fraction of sp³-hybridized carbons (Fsp3) is 0.562. The van der Waals surface area contributed by atoms with Gasteiger partial charge in [-0.3, -0.25) is 4.90 Å². The Morgan fingerprint density at radius 2 is 2.05 bits per heavy atom. The molecule has 0 unspecified atom stereocenters. The zero-order valence-electron chi connectivity index (χ0n) is 12.0. The SMILES string of the molecule is CCC[C@@]1(CO)CCCN1Cc1ccc(C(=O)O)cc1. The van der Waals surface area contributed by atoms with Crippen molar-refractivity contribution in [1.29, 1.82) is 0 Å². The van der Waals surface area contributed by atoms with Gasteiger partial charge in [0.2, 0.25) is 0 Å². The lowest BCUT2D eigenvalue weighted by molar-refractivity contribution is 0.0502. The third kappa shape index (κ3) is 3.02. The van der Waals surface area contributed by atoms with Crippen molar-refractivity contribution in [3.63, 3.8) is 0 Å². The van der Waals surface area contributed by atoms with E-state index in [1.807, 2.05) is 12.1 Å². The van der Waals surface area contributed by atoms with Gasteiger partial charge in [-0.1, -0.05) is 25.5 Å². The second-order valence-electron chi connectivity index (χ2n) is 5.66. The predicted molar refractivity (Wildman–Crippen MR) is 77.8 cm³/mol. The molecule has 1 fully saturated rings. The maximum Gasteiger partial charge on any atom is 0.335 e. The van der Waals surface area contributed by atoms with Crippen molar-refractivity contribution in [3.8, 4) is 0 Å². The van der Waals surface area contributed by atoms with Crippen LogP contribution in [0, 0.1) is 0 Å². The summed E-state index contributed by atoms with van der Waals surface area (Å²) in [5.41, 5.74) is 1.34. The topological polar surface area (TPSA) is 60.8 Å². The summed E-state index contributed by atoms with van der Waals surface area (Å²) in [6.07, 6.45) is 4.24. The van der Waals surface area contributed by atoms with Crippen LogP contribution < -0.4 is 0 Å². The van der Waals surface area contributed by atoms with Crippen LogP contribution >= 0.6 is 0 Å². The van der Waals surface area contributed by atoms with E-state index in [1.165, 1.54) is 0 Å². The van der Waals surface area contributed by atoms with Gasteiger partial charge < -0.3 is 10.2 Å². The van der Waals surface area contributed by atoms with Crippen LogP contribution in [0.1, 0.15) is 48.5 Å². The highest BCUT2D eigenvalue weighted by atomic mass is 16.4. The van der Waals surface area contributed by atoms with Crippen LogP contribution in [-0.2, 0) is 6.54 Å². The molecule has 0 saturated carbocycles. The number of carboxylic acid groups (broad SMARTS) is 1. The van der Waals surface area contributed by atoms with Gasteiger partial charge in [0.25, 0.3) is 0 Å². The van der Waals surface area contributed by atoms with E-state index in [1.54, 1.807) is 12.1 Å². The van der Waals surface area contributed by atoms with Crippen molar-refractivity contribution in [2.45, 2.75) is 44.7 Å². The maximum atomic E-state index is 10.8. The predicted octanol–water partition coefficient (Wildman–Crippen LogP) is 2.51. The number of aliphatic hydroxyl groups is 1. The van der Waals surface area contributed by atoms with Crippen molar-refractivity contribution >= 4 is 5.97 Å². The first-order valence-electron chi connectivity index (χ1n) is 7.29. The van der Waals surface area contributed by atoms with Crippen LogP contribution in [-0.4, -0.2) is 39.8 Å². The molecule has 2 N–H and O–H groups in total. The summed E-state index contributed by atoms with van der Waals surface area (Å²) in [5, 5.41) is 18.7. The Hall–Kier alpha value is -1.39. The second kappa shape index (κ2) is 6.37. The quantitative estimate of drug-likeness (QED) is 0.838. The van der Waals surface area contributed by atoms with Crippen LogP contribution in [0.2, 0.25) is 0 Å². The summed E-state index contributed by atoms with van der Waals surface area (Å²) in [4.78, 5) is 13.2. The van der Waals surface area contributed by atoms with Crippen molar-refractivity contribution in [1.82, 2.24) is 4.90 Å². The largest absolute Gasteiger partial charge is 0.478 e. The first-order valence-corrected chi connectivity index (χ1v) is 7.29. The highest BCUT2D eigenvalue weighted by molar-refractivity contribution is 5.87. The number of hydrogen-bond donors (Lipinski definition) is 2. The molecule has 0 amide bonds. The average Bonchev–Trinajstić information content (AvgIpc) is 2.83. The van der Waals surface area contributed by atoms with Crippen LogP contribution in [0.4, 0.5) is 0 Å². The Balaban J connectivity index is 2.10. The van der Waals surface area contributed by atoms with Gasteiger partial charge in [-0.15, -0.1) is 0 Å². The van der Waals surface area contributed by atoms with Gasteiger partial charge in [0, 0.05) is 12.1 Å². The van der Waals surface area contributed by atoms with Gasteiger partial charge in [-0.2, -0.15) is 0 Å². The van der Waals surface area contributed by atoms with Crippen molar-refractivity contribution < 1.29 is 15.0 Å². The molecular formula is C16H23NO3. The Labute approximate surface area is 120 Å². The molecule has 110 valence electrons. The van der Waals surface area contributed by atoms with E-state index in [4.69, 9.17) is 5.11 Å². The molecule has 1 atom stereocenters. The van der Waals surface area contributed by atoms with E-state index in [2.05, 4.69) is 11.8 Å². The van der Waals surface area contributed by atoms with Crippen molar-refractivity contribution in [2.75, 3.05) is 13.2 Å². The summed E-state index contributed by atoms with van der Waals surface area (Å²) in [7, 11) is 0. The molecule has 1 aliphatic heterocycles. The first-order chi connectivity index (χ1) is 9.61. The Morgan fingerprint density at radius 3 is 2.60 bits per heavy atom. The Bertz CT molecular complexity index is 457. The lowest BCUT2D eigenvalue weighted by Crippen LogP contribution is -2.46. The lowest BCUT2D eigenvalue weighted by Gasteiger charge is -2.37. The third-order valence-corrected chi connectivity index (χ3v) is 4.32. The third-order valence-electron chi connectivity index (χ3n) is 4.32. The number of likely N-dealkylation sites (tertiary alicyclic amines) is 1. The average molecular weight is 277 g/mol. The summed E-state index contributed by atoms with van der Waals surface area (Å²) in [6.45, 7) is 4.13. The number of aromatic carboxylic acids is 1. The molecule has 0 aromatic heterocycles. The minimum Gasteiger partial charge on any atom is -0.478 e. The monoisotopic (exact) mass is 277 g/mol. The Kier molecular flexibility index (Phi) is 4.78. The molecule has 0 aliphatic carbocycles. The van der Waals surface area contributed by atoms with Gasteiger partial charge in [0.15, 0.2) is 0 Å². The number of rotatable bonds is 6. The molecule has 1 aliphatic rings. The molecule has 2 rings (SSSR count). The van der Waals surface area contributed by atoms with E-state index in [0.717, 1.165) is 44.3 Å². The van der Waals surface area contributed by atoms with Crippen molar-refractivity contribution in [2.24, 2.45) is 0 Å². The molecule has 1 saturated heterocycles. The number of benzene rings is 1. The standard InChI is InChI=1S/C16H23NO3/c1-2-8-16(12-18)9-3-10-17(16)11-13-4-6-14(7-5-13)15(19)20/h4-7,18H,2-3,8-12H2,1H3,(H,19,20)/t16-/m0/s1. The summed E-state index contributed by atoms with van der Waals surface area (Å²) >= 11 is 0. The fourth-order valence-corrected chi connectivity index (χ4v) is 3.22. The summed E-state index contributed by atoms with van der Waals surface area (Å²) < 4.78 is 0. The number of aliphatic hydroxyl groups excluding tert-OH is 1. The molecule has 4 nitrogen and oxygen atoms in total. The molecule has 0 spiro atoms. The maximum absolute atomic E-state index is 10.8. The number of nitrogens with zero attached hydrogens (tertiary/aromatic N) is 1. The van der Waals surface area contributed by atoms with Gasteiger partial charge in [-0.05, 0) is 43.5 Å². The summed E-state index contributed by atoms with van der Waals surface area (Å²) in [6, 6.07) is 7.04.